The Morgan fingerprint density at radius 2 is 1.80 bits per heavy atom. The minimum absolute atomic E-state index is 0.166. The predicted octanol–water partition coefficient (Wildman–Crippen LogP) is 1.72. The lowest BCUT2D eigenvalue weighted by Crippen LogP contribution is -2.54. The predicted molar refractivity (Wildman–Crippen MR) is 60.1 cm³/mol. The molecule has 1 aromatic carbocycles. The molecule has 1 heterocycles. The van der Waals surface area contributed by atoms with E-state index >= 15 is 0 Å². The highest BCUT2D eigenvalue weighted by atomic mass is 14.7. The summed E-state index contributed by atoms with van der Waals surface area (Å²) in [6.07, 6.45) is 3.66. The fourth-order valence-corrected chi connectivity index (χ4v) is 1.57. The third kappa shape index (κ3) is 2.22. The molecular weight excluding hydrogens is 184 g/mol. The van der Waals surface area contributed by atoms with Crippen molar-refractivity contribution in [2.24, 2.45) is 0 Å². The van der Waals surface area contributed by atoms with Crippen LogP contribution in [-0.2, 0) is 0 Å². The summed E-state index contributed by atoms with van der Waals surface area (Å²) >= 11 is 0. The summed E-state index contributed by atoms with van der Waals surface area (Å²) in [7, 11) is 0. The number of rotatable bonds is 2. The Labute approximate surface area is 89.8 Å². The van der Waals surface area contributed by atoms with Crippen molar-refractivity contribution in [1.29, 1.82) is 0 Å². The Morgan fingerprint density at radius 3 is 2.40 bits per heavy atom. The lowest BCUT2D eigenvalue weighted by Gasteiger charge is -2.08. The molecule has 0 bridgehead atoms. The van der Waals surface area contributed by atoms with E-state index < -0.39 is 0 Å². The second-order valence-electron chi connectivity index (χ2n) is 3.75. The summed E-state index contributed by atoms with van der Waals surface area (Å²) in [4.78, 5) is 4.11. The summed E-state index contributed by atoms with van der Waals surface area (Å²) in [6, 6.07) is 12.7. The van der Waals surface area contributed by atoms with Crippen LogP contribution in [0.3, 0.4) is 0 Å². The highest BCUT2D eigenvalue weighted by Crippen LogP contribution is 2.16. The normalized spacial score (nSPS) is 12.4. The molecule has 1 atom stereocenters. The molecule has 0 radical (unpaired) electrons. The van der Waals surface area contributed by atoms with Crippen molar-refractivity contribution in [3.05, 3.63) is 65.5 Å². The van der Waals surface area contributed by atoms with Crippen LogP contribution in [0.25, 0.3) is 0 Å². The molecule has 0 unspecified atom stereocenters. The Hall–Kier alpha value is -1.67. The monoisotopic (exact) mass is 199 g/mol. The smallest absolute Gasteiger partial charge is 0.137 e. The molecule has 2 aromatic rings. The van der Waals surface area contributed by atoms with Gasteiger partial charge in [0.2, 0.25) is 0 Å². The van der Waals surface area contributed by atoms with Crippen LogP contribution >= 0.6 is 0 Å². The quantitative estimate of drug-likeness (QED) is 0.786. The van der Waals surface area contributed by atoms with Gasteiger partial charge < -0.3 is 5.73 Å². The van der Waals surface area contributed by atoms with E-state index in [1.807, 2.05) is 12.3 Å². The summed E-state index contributed by atoms with van der Waals surface area (Å²) in [5.74, 6) is 0. The molecule has 0 saturated heterocycles. The van der Waals surface area contributed by atoms with Crippen molar-refractivity contribution in [2.45, 2.75) is 13.0 Å². The van der Waals surface area contributed by atoms with E-state index in [1.165, 1.54) is 11.1 Å². The maximum absolute atomic E-state index is 4.17. The average Bonchev–Trinajstić information content (AvgIpc) is 2.30. The number of nitrogens with zero attached hydrogens (tertiary/aromatic N) is 1. The molecule has 0 spiro atoms. The maximum Gasteiger partial charge on any atom is 0.137 e. The van der Waals surface area contributed by atoms with Crippen LogP contribution in [0.2, 0.25) is 0 Å². The Balaban J connectivity index is 2.29. The van der Waals surface area contributed by atoms with E-state index in [4.69, 9.17) is 0 Å². The molecule has 2 heteroatoms. The molecule has 0 saturated carbocycles. The fraction of sp³-hybridized carbons (Fsp3) is 0.154. The van der Waals surface area contributed by atoms with Gasteiger partial charge in [-0.2, -0.15) is 0 Å². The van der Waals surface area contributed by atoms with Crippen LogP contribution in [-0.4, -0.2) is 4.98 Å². The average molecular weight is 199 g/mol. The second-order valence-corrected chi connectivity index (χ2v) is 3.75. The van der Waals surface area contributed by atoms with Crippen molar-refractivity contribution >= 4 is 0 Å². The van der Waals surface area contributed by atoms with Crippen LogP contribution in [0.5, 0.6) is 0 Å². The van der Waals surface area contributed by atoms with Gasteiger partial charge in [-0.05, 0) is 19.1 Å². The Kier molecular flexibility index (Phi) is 2.79. The topological polar surface area (TPSA) is 40.5 Å². The lowest BCUT2D eigenvalue weighted by molar-refractivity contribution is -0.411. The molecule has 15 heavy (non-hydrogen) atoms. The van der Waals surface area contributed by atoms with Gasteiger partial charge in [0.05, 0.1) is 0 Å². The van der Waals surface area contributed by atoms with E-state index in [9.17, 15) is 0 Å². The van der Waals surface area contributed by atoms with Gasteiger partial charge in [0, 0.05) is 23.5 Å². The number of quaternary nitrogens is 1. The van der Waals surface area contributed by atoms with E-state index in [1.54, 1.807) is 6.20 Å². The molecule has 1 aromatic heterocycles. The van der Waals surface area contributed by atoms with Crippen LogP contribution in [0.1, 0.15) is 22.7 Å². The maximum atomic E-state index is 4.17. The number of aryl methyl sites for hydroxylation is 1. The minimum Gasteiger partial charge on any atom is -0.348 e. The number of aromatic nitrogens is 1. The van der Waals surface area contributed by atoms with Crippen LogP contribution < -0.4 is 5.73 Å². The summed E-state index contributed by atoms with van der Waals surface area (Å²) in [5.41, 5.74) is 7.83. The Morgan fingerprint density at radius 1 is 1.07 bits per heavy atom. The zero-order valence-corrected chi connectivity index (χ0v) is 8.85. The van der Waals surface area contributed by atoms with Crippen molar-refractivity contribution in [3.8, 4) is 0 Å². The Bertz CT molecular complexity index is 420. The van der Waals surface area contributed by atoms with E-state index in [0.717, 1.165) is 5.56 Å². The zero-order chi connectivity index (χ0) is 10.7. The van der Waals surface area contributed by atoms with Gasteiger partial charge >= 0.3 is 0 Å². The summed E-state index contributed by atoms with van der Waals surface area (Å²) in [5, 5.41) is 0. The molecule has 76 valence electrons. The SMILES string of the molecule is Cc1ccc([C@@H]([NH3+])c2cccnc2)cc1. The van der Waals surface area contributed by atoms with Crippen molar-refractivity contribution in [1.82, 2.24) is 4.98 Å². The number of hydrogen-bond donors (Lipinski definition) is 1. The van der Waals surface area contributed by atoms with E-state index in [2.05, 4.69) is 48.0 Å². The van der Waals surface area contributed by atoms with Gasteiger partial charge in [-0.3, -0.25) is 4.98 Å². The van der Waals surface area contributed by atoms with Crippen LogP contribution in [0.4, 0.5) is 0 Å². The third-order valence-electron chi connectivity index (χ3n) is 2.57. The first-order valence-electron chi connectivity index (χ1n) is 5.07. The fourth-order valence-electron chi connectivity index (χ4n) is 1.57. The van der Waals surface area contributed by atoms with Gasteiger partial charge in [-0.1, -0.05) is 29.8 Å². The third-order valence-corrected chi connectivity index (χ3v) is 2.57. The van der Waals surface area contributed by atoms with Gasteiger partial charge in [-0.15, -0.1) is 0 Å². The number of hydrogen-bond acceptors (Lipinski definition) is 1. The molecule has 2 rings (SSSR count). The summed E-state index contributed by atoms with van der Waals surface area (Å²) < 4.78 is 0. The first-order valence-corrected chi connectivity index (χ1v) is 5.07. The zero-order valence-electron chi connectivity index (χ0n) is 8.85. The minimum atomic E-state index is 0.166. The van der Waals surface area contributed by atoms with Crippen molar-refractivity contribution < 1.29 is 5.73 Å². The molecule has 2 nitrogen and oxygen atoms in total. The van der Waals surface area contributed by atoms with Crippen LogP contribution in [0.15, 0.2) is 48.8 Å². The van der Waals surface area contributed by atoms with Gasteiger partial charge in [-0.25, -0.2) is 0 Å². The largest absolute Gasteiger partial charge is 0.348 e. The molecule has 0 amide bonds. The van der Waals surface area contributed by atoms with Gasteiger partial charge in [0.15, 0.2) is 0 Å². The number of benzene rings is 1. The molecule has 0 aliphatic heterocycles. The van der Waals surface area contributed by atoms with Crippen molar-refractivity contribution in [2.75, 3.05) is 0 Å². The molecular formula is C13H15N2+. The molecule has 3 N–H and O–H groups in total. The van der Waals surface area contributed by atoms with Crippen molar-refractivity contribution in [3.63, 3.8) is 0 Å². The number of pyridine rings is 1. The lowest BCUT2D eigenvalue weighted by atomic mass is 10.0. The van der Waals surface area contributed by atoms with Gasteiger partial charge in [0.1, 0.15) is 6.04 Å². The highest BCUT2D eigenvalue weighted by molar-refractivity contribution is 5.29. The first-order chi connectivity index (χ1) is 7.27. The highest BCUT2D eigenvalue weighted by Gasteiger charge is 2.11. The molecule has 0 fully saturated rings. The summed E-state index contributed by atoms with van der Waals surface area (Å²) in [6.45, 7) is 2.09. The first kappa shape index (κ1) is 9.87. The second kappa shape index (κ2) is 4.24. The van der Waals surface area contributed by atoms with E-state index in [0.29, 0.717) is 0 Å². The molecule has 0 aliphatic carbocycles. The molecule has 0 aliphatic rings. The van der Waals surface area contributed by atoms with Crippen LogP contribution in [0, 0.1) is 6.92 Å². The van der Waals surface area contributed by atoms with E-state index in [-0.39, 0.29) is 6.04 Å². The van der Waals surface area contributed by atoms with Gasteiger partial charge in [0.25, 0.3) is 0 Å². The standard InChI is InChI=1S/C13H14N2/c1-10-4-6-11(7-5-10)13(14)12-3-2-8-15-9-12/h2-9,13H,14H2,1H3/p+1/t13-/m1/s1.